The molecule has 2 heterocycles. The van der Waals surface area contributed by atoms with Gasteiger partial charge in [0.1, 0.15) is 0 Å². The van der Waals surface area contributed by atoms with Crippen molar-refractivity contribution in [1.82, 2.24) is 30.0 Å². The van der Waals surface area contributed by atoms with Crippen LogP contribution < -0.4 is 4.90 Å². The monoisotopic (exact) mass is 713 g/mol. The second-order valence-corrected chi connectivity index (χ2v) is 11.9. The molecule has 3 aromatic carbocycles. The van der Waals surface area contributed by atoms with E-state index in [1.54, 1.807) is 35.2 Å². The summed E-state index contributed by atoms with van der Waals surface area (Å²) in [5.41, 5.74) is -3.37. The number of alkyl halides is 9. The molecule has 1 amide bonds. The third kappa shape index (κ3) is 8.54. The van der Waals surface area contributed by atoms with Gasteiger partial charge >= 0.3 is 18.5 Å². The lowest BCUT2D eigenvalue weighted by Gasteiger charge is -2.40. The second-order valence-electron chi connectivity index (χ2n) is 11.9. The summed E-state index contributed by atoms with van der Waals surface area (Å²) in [6.07, 6.45) is -14.5. The predicted octanol–water partition coefficient (Wildman–Crippen LogP) is 7.38. The highest BCUT2D eigenvalue weighted by Crippen LogP contribution is 2.38. The lowest BCUT2D eigenvalue weighted by atomic mass is 9.93. The highest BCUT2D eigenvalue weighted by molar-refractivity contribution is 5.94. The number of aromatic nitrogens is 4. The van der Waals surface area contributed by atoms with Gasteiger partial charge in [0, 0.05) is 50.9 Å². The first-order chi connectivity index (χ1) is 23.4. The molecule has 268 valence electrons. The van der Waals surface area contributed by atoms with Gasteiger partial charge in [0.15, 0.2) is 0 Å². The van der Waals surface area contributed by atoms with Crippen LogP contribution in [0.4, 0.5) is 45.5 Å². The Morgan fingerprint density at radius 2 is 1.38 bits per heavy atom. The Morgan fingerprint density at radius 1 is 0.780 bits per heavy atom. The van der Waals surface area contributed by atoms with Gasteiger partial charge in [-0.1, -0.05) is 36.3 Å². The van der Waals surface area contributed by atoms with Gasteiger partial charge in [0.2, 0.25) is 0 Å². The van der Waals surface area contributed by atoms with Crippen molar-refractivity contribution >= 4 is 11.9 Å². The van der Waals surface area contributed by atoms with E-state index in [0.717, 1.165) is 16.9 Å². The van der Waals surface area contributed by atoms with E-state index in [1.807, 2.05) is 11.8 Å². The molecule has 1 aliphatic rings. The van der Waals surface area contributed by atoms with Crippen LogP contribution in [-0.2, 0) is 38.7 Å². The Balaban J connectivity index is 1.50. The largest absolute Gasteiger partial charge is 0.416 e. The Kier molecular flexibility index (Phi) is 10.5. The number of hydrogen-bond acceptors (Lipinski definition) is 6. The van der Waals surface area contributed by atoms with E-state index < -0.39 is 59.9 Å². The topological polar surface area (TPSA) is 70.4 Å². The van der Waals surface area contributed by atoms with Crippen LogP contribution in [0.1, 0.15) is 63.1 Å². The maximum Gasteiger partial charge on any atom is 0.416 e. The molecule has 17 heteroatoms. The number of carbonyl (C=O) groups is 1. The SMILES string of the molecule is CCC(c1ccc(C(F)(F)F)cc1CN(Cc1cc(C(F)(F)F)cc(C(F)(F)F)c1)c1nnn(C)n1)N1CCN(C(=O)c2ccccc2)CC1. The molecule has 0 radical (unpaired) electrons. The summed E-state index contributed by atoms with van der Waals surface area (Å²) in [7, 11) is 1.38. The highest BCUT2D eigenvalue weighted by atomic mass is 19.4. The first-order valence-electron chi connectivity index (χ1n) is 15.5. The zero-order valence-electron chi connectivity index (χ0n) is 26.8. The third-order valence-electron chi connectivity index (χ3n) is 8.44. The fourth-order valence-electron chi connectivity index (χ4n) is 6.05. The fourth-order valence-corrected chi connectivity index (χ4v) is 6.05. The molecule has 5 rings (SSSR count). The average Bonchev–Trinajstić information content (AvgIpc) is 3.50. The standard InChI is InChI=1S/C33H32F9N7O/c1-3-28(47-11-13-48(14-12-47)29(50)22-7-5-4-6-8-22)27-10-9-24(31(34,35)36)17-23(27)20-49(30-43-45-46(2)44-30)19-21-15-25(32(37,38)39)18-26(16-21)33(40,41)42/h4-10,15-18,28H,3,11-14,19-20H2,1-2H3. The van der Waals surface area contributed by atoms with Gasteiger partial charge in [-0.25, -0.2) is 0 Å². The fraction of sp³-hybridized carbons (Fsp3) is 0.394. The molecular formula is C33H32F9N7O. The minimum Gasteiger partial charge on any atom is -0.336 e. The first-order valence-corrected chi connectivity index (χ1v) is 15.5. The lowest BCUT2D eigenvalue weighted by molar-refractivity contribution is -0.143. The van der Waals surface area contributed by atoms with Crippen LogP contribution in [-0.4, -0.2) is 62.1 Å². The summed E-state index contributed by atoms with van der Waals surface area (Å²) in [6, 6.07) is 12.6. The molecule has 1 saturated heterocycles. The summed E-state index contributed by atoms with van der Waals surface area (Å²) >= 11 is 0. The molecule has 0 aliphatic carbocycles. The molecule has 1 aromatic heterocycles. The van der Waals surface area contributed by atoms with E-state index in [2.05, 4.69) is 15.4 Å². The normalized spacial score (nSPS) is 15.3. The molecular weight excluding hydrogens is 681 g/mol. The van der Waals surface area contributed by atoms with Gasteiger partial charge in [-0.05, 0) is 70.8 Å². The second kappa shape index (κ2) is 14.3. The summed E-state index contributed by atoms with van der Waals surface area (Å²) < 4.78 is 124. The summed E-state index contributed by atoms with van der Waals surface area (Å²) in [5.74, 6) is -0.369. The zero-order valence-corrected chi connectivity index (χ0v) is 26.8. The van der Waals surface area contributed by atoms with Crippen molar-refractivity contribution in [2.45, 2.75) is 51.0 Å². The molecule has 0 bridgehead atoms. The van der Waals surface area contributed by atoms with Crippen LogP contribution >= 0.6 is 0 Å². The van der Waals surface area contributed by atoms with E-state index in [4.69, 9.17) is 0 Å². The Hall–Kier alpha value is -4.67. The number of halogens is 9. The number of benzene rings is 3. The molecule has 0 spiro atoms. The van der Waals surface area contributed by atoms with E-state index in [9.17, 15) is 44.3 Å². The van der Waals surface area contributed by atoms with Gasteiger partial charge in [-0.15, -0.1) is 5.10 Å². The number of anilines is 1. The Labute approximate surface area is 281 Å². The number of nitrogens with zero attached hydrogens (tertiary/aromatic N) is 7. The van der Waals surface area contributed by atoms with Gasteiger partial charge in [0.05, 0.1) is 23.7 Å². The van der Waals surface area contributed by atoms with Crippen LogP contribution in [0.3, 0.4) is 0 Å². The lowest BCUT2D eigenvalue weighted by Crippen LogP contribution is -2.49. The van der Waals surface area contributed by atoms with Gasteiger partial charge in [-0.3, -0.25) is 9.69 Å². The molecule has 1 atom stereocenters. The van der Waals surface area contributed by atoms with E-state index in [0.29, 0.717) is 55.9 Å². The zero-order chi connectivity index (χ0) is 36.4. The summed E-state index contributed by atoms with van der Waals surface area (Å²) in [5, 5.41) is 11.6. The predicted molar refractivity (Wildman–Crippen MR) is 164 cm³/mol. The molecule has 1 aliphatic heterocycles. The number of piperazine rings is 1. The van der Waals surface area contributed by atoms with E-state index in [-0.39, 0.29) is 23.5 Å². The Bertz CT molecular complexity index is 1750. The maximum absolute atomic E-state index is 14.0. The van der Waals surface area contributed by atoms with Crippen molar-refractivity contribution in [2.24, 2.45) is 7.05 Å². The molecule has 0 saturated carbocycles. The van der Waals surface area contributed by atoms with Gasteiger partial charge < -0.3 is 9.80 Å². The summed E-state index contributed by atoms with van der Waals surface area (Å²) in [4.78, 5) is 18.9. The molecule has 50 heavy (non-hydrogen) atoms. The molecule has 8 nitrogen and oxygen atoms in total. The van der Waals surface area contributed by atoms with Gasteiger partial charge in [-0.2, -0.15) is 44.3 Å². The molecule has 1 fully saturated rings. The molecule has 0 N–H and O–H groups in total. The molecule has 1 unspecified atom stereocenters. The smallest absolute Gasteiger partial charge is 0.336 e. The van der Waals surface area contributed by atoms with Crippen molar-refractivity contribution in [1.29, 1.82) is 0 Å². The quantitative estimate of drug-likeness (QED) is 0.169. The van der Waals surface area contributed by atoms with E-state index in [1.165, 1.54) is 18.0 Å². The van der Waals surface area contributed by atoms with Crippen molar-refractivity contribution in [3.05, 3.63) is 106 Å². The average molecular weight is 714 g/mol. The summed E-state index contributed by atoms with van der Waals surface area (Å²) in [6.45, 7) is 2.32. The number of hydrogen-bond donors (Lipinski definition) is 0. The number of amides is 1. The van der Waals surface area contributed by atoms with E-state index >= 15 is 0 Å². The highest BCUT2D eigenvalue weighted by Gasteiger charge is 2.38. The maximum atomic E-state index is 14.0. The van der Waals surface area contributed by atoms with Crippen LogP contribution in [0.25, 0.3) is 0 Å². The molecule has 4 aromatic rings. The third-order valence-corrected chi connectivity index (χ3v) is 8.44. The van der Waals surface area contributed by atoms with Crippen molar-refractivity contribution in [3.63, 3.8) is 0 Å². The number of carbonyl (C=O) groups excluding carboxylic acids is 1. The number of aryl methyl sites for hydroxylation is 1. The van der Waals surface area contributed by atoms with Crippen LogP contribution in [0.15, 0.2) is 66.7 Å². The van der Waals surface area contributed by atoms with Crippen LogP contribution in [0.5, 0.6) is 0 Å². The minimum atomic E-state index is -5.11. The Morgan fingerprint density at radius 3 is 1.90 bits per heavy atom. The minimum absolute atomic E-state index is 0.00165. The van der Waals surface area contributed by atoms with Crippen LogP contribution in [0, 0.1) is 0 Å². The number of tetrazole rings is 1. The van der Waals surface area contributed by atoms with Gasteiger partial charge in [0.25, 0.3) is 11.9 Å². The van der Waals surface area contributed by atoms with Crippen molar-refractivity contribution in [3.8, 4) is 0 Å². The van der Waals surface area contributed by atoms with Crippen molar-refractivity contribution in [2.75, 3.05) is 31.1 Å². The van der Waals surface area contributed by atoms with Crippen molar-refractivity contribution < 1.29 is 44.3 Å². The first kappa shape index (κ1) is 36.6. The van der Waals surface area contributed by atoms with Crippen LogP contribution in [0.2, 0.25) is 0 Å². The number of rotatable bonds is 9.